The molecule has 0 radical (unpaired) electrons. The fourth-order valence-corrected chi connectivity index (χ4v) is 4.08. The molecule has 0 bridgehead atoms. The van der Waals surface area contributed by atoms with Crippen molar-refractivity contribution in [1.82, 2.24) is 19.6 Å². The standard InChI is InChI=1S/C21H23F3N4O2/c22-21(23,24)18-9-14-28(25-18)17-5-3-15(4-6-17)19(29)27-12-7-16(8-13-27)20(30)26-10-1-2-11-26/h3-6,9,14,16H,1-2,7-8,10-13H2. The number of hydrogen-bond acceptors (Lipinski definition) is 3. The molecule has 6 nitrogen and oxygen atoms in total. The van der Waals surface area contributed by atoms with Gasteiger partial charge in [0.25, 0.3) is 5.91 Å². The monoisotopic (exact) mass is 420 g/mol. The summed E-state index contributed by atoms with van der Waals surface area (Å²) in [4.78, 5) is 29.0. The number of halogens is 3. The first kappa shape index (κ1) is 20.4. The lowest BCUT2D eigenvalue weighted by Crippen LogP contribution is -2.43. The van der Waals surface area contributed by atoms with Crippen LogP contribution in [0.4, 0.5) is 13.2 Å². The maximum atomic E-state index is 12.8. The smallest absolute Gasteiger partial charge is 0.342 e. The van der Waals surface area contributed by atoms with Gasteiger partial charge in [-0.15, -0.1) is 0 Å². The Bertz CT molecular complexity index is 909. The number of aromatic nitrogens is 2. The highest BCUT2D eigenvalue weighted by molar-refractivity contribution is 5.94. The highest BCUT2D eigenvalue weighted by Gasteiger charge is 2.34. The zero-order valence-electron chi connectivity index (χ0n) is 16.4. The van der Waals surface area contributed by atoms with E-state index in [1.54, 1.807) is 29.2 Å². The molecule has 2 aromatic rings. The number of nitrogens with zero attached hydrogens (tertiary/aromatic N) is 4. The van der Waals surface area contributed by atoms with Gasteiger partial charge in [-0.3, -0.25) is 9.59 Å². The molecule has 4 rings (SSSR count). The Hall–Kier alpha value is -2.84. The second-order valence-corrected chi connectivity index (χ2v) is 7.79. The van der Waals surface area contributed by atoms with Crippen LogP contribution in [-0.2, 0) is 11.0 Å². The number of piperidine rings is 1. The van der Waals surface area contributed by atoms with Crippen LogP contribution >= 0.6 is 0 Å². The van der Waals surface area contributed by atoms with Crippen LogP contribution < -0.4 is 0 Å². The first-order valence-electron chi connectivity index (χ1n) is 10.1. The molecule has 2 aliphatic heterocycles. The number of amides is 2. The lowest BCUT2D eigenvalue weighted by Gasteiger charge is -2.33. The van der Waals surface area contributed by atoms with E-state index in [0.29, 0.717) is 37.2 Å². The van der Waals surface area contributed by atoms with E-state index in [2.05, 4.69) is 5.10 Å². The maximum Gasteiger partial charge on any atom is 0.435 e. The van der Waals surface area contributed by atoms with Crippen LogP contribution in [0, 0.1) is 5.92 Å². The fourth-order valence-electron chi connectivity index (χ4n) is 4.08. The molecule has 0 spiro atoms. The third kappa shape index (κ3) is 4.20. The van der Waals surface area contributed by atoms with Crippen molar-refractivity contribution in [3.8, 4) is 5.69 Å². The van der Waals surface area contributed by atoms with Crippen molar-refractivity contribution < 1.29 is 22.8 Å². The van der Waals surface area contributed by atoms with Gasteiger partial charge in [0, 0.05) is 43.9 Å². The predicted octanol–water partition coefficient (Wildman–Crippen LogP) is 3.37. The van der Waals surface area contributed by atoms with Gasteiger partial charge in [-0.2, -0.15) is 18.3 Å². The van der Waals surface area contributed by atoms with Crippen LogP contribution in [0.5, 0.6) is 0 Å². The molecular formula is C21H23F3N4O2. The number of benzene rings is 1. The zero-order valence-corrected chi connectivity index (χ0v) is 16.4. The number of carbonyl (C=O) groups excluding carboxylic acids is 2. The second-order valence-electron chi connectivity index (χ2n) is 7.79. The third-order valence-corrected chi connectivity index (χ3v) is 5.81. The van der Waals surface area contributed by atoms with Crippen LogP contribution in [0.15, 0.2) is 36.5 Å². The van der Waals surface area contributed by atoms with Gasteiger partial charge in [0.15, 0.2) is 5.69 Å². The van der Waals surface area contributed by atoms with E-state index < -0.39 is 11.9 Å². The number of alkyl halides is 3. The maximum absolute atomic E-state index is 12.8. The molecule has 0 N–H and O–H groups in total. The summed E-state index contributed by atoms with van der Waals surface area (Å²) in [5, 5.41) is 3.53. The highest BCUT2D eigenvalue weighted by atomic mass is 19.4. The normalized spacial score (nSPS) is 18.1. The van der Waals surface area contributed by atoms with Crippen LogP contribution in [0.1, 0.15) is 41.7 Å². The van der Waals surface area contributed by atoms with Crippen molar-refractivity contribution in [2.75, 3.05) is 26.2 Å². The van der Waals surface area contributed by atoms with Gasteiger partial charge in [-0.25, -0.2) is 4.68 Å². The number of hydrogen-bond donors (Lipinski definition) is 0. The van der Waals surface area contributed by atoms with Gasteiger partial charge in [-0.05, 0) is 56.0 Å². The van der Waals surface area contributed by atoms with Crippen LogP contribution in [0.25, 0.3) is 5.69 Å². The summed E-state index contributed by atoms with van der Waals surface area (Å²) in [5.74, 6) is 0.0589. The largest absolute Gasteiger partial charge is 0.435 e. The van der Waals surface area contributed by atoms with Crippen LogP contribution in [0.2, 0.25) is 0 Å². The molecule has 9 heteroatoms. The molecule has 30 heavy (non-hydrogen) atoms. The molecular weight excluding hydrogens is 397 g/mol. The van der Waals surface area contributed by atoms with E-state index in [0.717, 1.165) is 36.7 Å². The summed E-state index contributed by atoms with van der Waals surface area (Å²) in [7, 11) is 0. The minimum atomic E-state index is -4.50. The van der Waals surface area contributed by atoms with Crippen molar-refractivity contribution in [3.05, 3.63) is 47.8 Å². The van der Waals surface area contributed by atoms with E-state index in [4.69, 9.17) is 0 Å². The second kappa shape index (κ2) is 8.12. The van der Waals surface area contributed by atoms with E-state index >= 15 is 0 Å². The van der Waals surface area contributed by atoms with Crippen molar-refractivity contribution in [1.29, 1.82) is 0 Å². The third-order valence-electron chi connectivity index (χ3n) is 5.81. The number of carbonyl (C=O) groups is 2. The Morgan fingerprint density at radius 2 is 1.53 bits per heavy atom. The Labute approximate surface area is 172 Å². The SMILES string of the molecule is O=C(c1ccc(-n2ccc(C(F)(F)F)n2)cc1)N1CCC(C(=O)N2CCCC2)CC1. The van der Waals surface area contributed by atoms with Gasteiger partial charge in [0.1, 0.15) is 0 Å². The highest BCUT2D eigenvalue weighted by Crippen LogP contribution is 2.28. The van der Waals surface area contributed by atoms with Gasteiger partial charge >= 0.3 is 6.18 Å². The van der Waals surface area contributed by atoms with Crippen molar-refractivity contribution in [2.45, 2.75) is 31.9 Å². The summed E-state index contributed by atoms with van der Waals surface area (Å²) >= 11 is 0. The summed E-state index contributed by atoms with van der Waals surface area (Å²) in [5.41, 5.74) is -0.0581. The quantitative estimate of drug-likeness (QED) is 0.765. The van der Waals surface area contributed by atoms with Crippen molar-refractivity contribution >= 4 is 11.8 Å². The van der Waals surface area contributed by atoms with Crippen LogP contribution in [-0.4, -0.2) is 57.6 Å². The summed E-state index contributed by atoms with van der Waals surface area (Å²) in [6.45, 7) is 2.73. The number of likely N-dealkylation sites (tertiary alicyclic amines) is 2. The van der Waals surface area contributed by atoms with E-state index in [-0.39, 0.29) is 17.7 Å². The molecule has 0 saturated carbocycles. The summed E-state index contributed by atoms with van der Waals surface area (Å²) < 4.78 is 39.3. The lowest BCUT2D eigenvalue weighted by atomic mass is 9.95. The Balaban J connectivity index is 1.36. The molecule has 160 valence electrons. The average molecular weight is 420 g/mol. The average Bonchev–Trinajstić information content (AvgIpc) is 3.45. The molecule has 1 aromatic heterocycles. The van der Waals surface area contributed by atoms with E-state index in [9.17, 15) is 22.8 Å². The summed E-state index contributed by atoms with van der Waals surface area (Å²) in [6, 6.07) is 7.24. The molecule has 2 aliphatic rings. The zero-order chi connectivity index (χ0) is 21.3. The molecule has 2 saturated heterocycles. The molecule has 3 heterocycles. The topological polar surface area (TPSA) is 58.4 Å². The molecule has 0 atom stereocenters. The summed E-state index contributed by atoms with van der Waals surface area (Å²) in [6.07, 6.45) is 0.189. The first-order chi connectivity index (χ1) is 14.3. The van der Waals surface area contributed by atoms with Crippen LogP contribution in [0.3, 0.4) is 0 Å². The van der Waals surface area contributed by atoms with E-state index in [1.165, 1.54) is 6.20 Å². The molecule has 2 amide bonds. The minimum Gasteiger partial charge on any atom is -0.342 e. The molecule has 0 unspecified atom stereocenters. The Morgan fingerprint density at radius 3 is 2.10 bits per heavy atom. The van der Waals surface area contributed by atoms with Crippen molar-refractivity contribution in [2.24, 2.45) is 5.92 Å². The predicted molar refractivity (Wildman–Crippen MR) is 103 cm³/mol. The first-order valence-corrected chi connectivity index (χ1v) is 10.1. The fraction of sp³-hybridized carbons (Fsp3) is 0.476. The minimum absolute atomic E-state index is 0.0165. The van der Waals surface area contributed by atoms with Crippen molar-refractivity contribution in [3.63, 3.8) is 0 Å². The van der Waals surface area contributed by atoms with Gasteiger partial charge in [0.2, 0.25) is 5.91 Å². The van der Waals surface area contributed by atoms with Gasteiger partial charge < -0.3 is 9.80 Å². The number of rotatable bonds is 3. The van der Waals surface area contributed by atoms with Gasteiger partial charge in [0.05, 0.1) is 5.69 Å². The van der Waals surface area contributed by atoms with E-state index in [1.807, 2.05) is 4.90 Å². The lowest BCUT2D eigenvalue weighted by molar-refractivity contribution is -0.141. The molecule has 1 aromatic carbocycles. The Morgan fingerprint density at radius 1 is 0.900 bits per heavy atom. The Kier molecular flexibility index (Phi) is 5.53. The van der Waals surface area contributed by atoms with Gasteiger partial charge in [-0.1, -0.05) is 0 Å². The molecule has 0 aliphatic carbocycles. The molecule has 2 fully saturated rings.